The van der Waals surface area contributed by atoms with E-state index in [1.54, 1.807) is 0 Å². The molecule has 0 atom stereocenters. The molecule has 1 rings (SSSR count). The Bertz CT molecular complexity index is 502. The Kier molecular flexibility index (Phi) is 5.11. The SMILES string of the molecule is CC(=O)c1ccc(C(F)(F)CO[Si](C)(C)C(C)(C)C)cc1. The number of carbonyl (C=O) groups excluding carboxylic acids is 1. The van der Waals surface area contributed by atoms with E-state index in [4.69, 9.17) is 4.43 Å². The van der Waals surface area contributed by atoms with Gasteiger partial charge in [-0.25, -0.2) is 0 Å². The van der Waals surface area contributed by atoms with Crippen molar-refractivity contribution in [2.75, 3.05) is 6.61 Å². The molecule has 0 saturated heterocycles. The third-order valence-corrected chi connectivity index (χ3v) is 8.61. The quantitative estimate of drug-likeness (QED) is 0.564. The molecule has 0 radical (unpaired) electrons. The molecule has 0 aliphatic carbocycles. The number of rotatable bonds is 5. The minimum atomic E-state index is -3.05. The van der Waals surface area contributed by atoms with Gasteiger partial charge in [0, 0.05) is 11.1 Å². The van der Waals surface area contributed by atoms with Gasteiger partial charge in [-0.3, -0.25) is 4.79 Å². The first-order valence-electron chi connectivity index (χ1n) is 7.00. The number of halogens is 2. The molecular formula is C16H24F2O2Si. The number of Topliss-reactive ketones (excluding diaryl/α,β-unsaturated/α-hetero) is 1. The lowest BCUT2D eigenvalue weighted by atomic mass is 10.1. The summed E-state index contributed by atoms with van der Waals surface area (Å²) in [7, 11) is -2.21. The number of ketones is 1. The molecule has 0 aromatic heterocycles. The van der Waals surface area contributed by atoms with Crippen molar-refractivity contribution >= 4 is 14.1 Å². The van der Waals surface area contributed by atoms with Crippen LogP contribution < -0.4 is 0 Å². The van der Waals surface area contributed by atoms with Crippen molar-refractivity contribution < 1.29 is 18.0 Å². The highest BCUT2D eigenvalue weighted by Crippen LogP contribution is 2.38. The van der Waals surface area contributed by atoms with Crippen LogP contribution in [0.3, 0.4) is 0 Å². The molecule has 5 heteroatoms. The normalized spacial score (nSPS) is 13.3. The van der Waals surface area contributed by atoms with Crippen molar-refractivity contribution in [2.24, 2.45) is 0 Å². The molecule has 0 amide bonds. The van der Waals surface area contributed by atoms with Gasteiger partial charge in [0.2, 0.25) is 0 Å². The predicted octanol–water partition coefficient (Wildman–Crippen LogP) is 5.00. The second kappa shape index (κ2) is 5.97. The molecule has 0 aliphatic heterocycles. The Balaban J connectivity index is 2.84. The Morgan fingerprint density at radius 3 is 2.00 bits per heavy atom. The summed E-state index contributed by atoms with van der Waals surface area (Å²) in [4.78, 5) is 11.2. The molecule has 0 heterocycles. The number of hydrogen-bond donors (Lipinski definition) is 0. The van der Waals surface area contributed by atoms with Gasteiger partial charge in [-0.2, -0.15) is 8.78 Å². The van der Waals surface area contributed by atoms with Crippen LogP contribution in [-0.4, -0.2) is 20.7 Å². The van der Waals surface area contributed by atoms with Gasteiger partial charge in [-0.1, -0.05) is 45.0 Å². The van der Waals surface area contributed by atoms with Crippen LogP contribution in [0.2, 0.25) is 18.1 Å². The first-order valence-corrected chi connectivity index (χ1v) is 9.91. The summed E-state index contributed by atoms with van der Waals surface area (Å²) < 4.78 is 34.1. The van der Waals surface area contributed by atoms with Gasteiger partial charge < -0.3 is 4.43 Å². The van der Waals surface area contributed by atoms with E-state index in [9.17, 15) is 13.6 Å². The Labute approximate surface area is 126 Å². The molecule has 0 aliphatic rings. The van der Waals surface area contributed by atoms with Crippen LogP contribution in [0.1, 0.15) is 43.6 Å². The van der Waals surface area contributed by atoms with E-state index in [1.807, 2.05) is 33.9 Å². The molecule has 21 heavy (non-hydrogen) atoms. The zero-order valence-electron chi connectivity index (χ0n) is 13.6. The van der Waals surface area contributed by atoms with Gasteiger partial charge in [0.1, 0.15) is 6.61 Å². The van der Waals surface area contributed by atoms with Gasteiger partial charge in [-0.15, -0.1) is 0 Å². The van der Waals surface area contributed by atoms with E-state index in [0.29, 0.717) is 5.56 Å². The van der Waals surface area contributed by atoms with Gasteiger partial charge in [0.25, 0.3) is 5.92 Å². The molecule has 118 valence electrons. The van der Waals surface area contributed by atoms with Gasteiger partial charge in [0.15, 0.2) is 14.1 Å². The summed E-state index contributed by atoms with van der Waals surface area (Å²) in [6, 6.07) is 5.45. The predicted molar refractivity (Wildman–Crippen MR) is 83.5 cm³/mol. The van der Waals surface area contributed by atoms with Gasteiger partial charge in [0.05, 0.1) is 0 Å². The average molecular weight is 314 g/mol. The van der Waals surface area contributed by atoms with E-state index in [-0.39, 0.29) is 16.4 Å². The maximum atomic E-state index is 14.2. The lowest BCUT2D eigenvalue weighted by Gasteiger charge is -2.37. The summed E-state index contributed by atoms with van der Waals surface area (Å²) in [6.07, 6.45) is 0. The molecule has 1 aromatic rings. The van der Waals surface area contributed by atoms with Crippen molar-refractivity contribution in [3.63, 3.8) is 0 Å². The van der Waals surface area contributed by atoms with Crippen LogP contribution in [0.25, 0.3) is 0 Å². The van der Waals surface area contributed by atoms with Crippen LogP contribution in [0.15, 0.2) is 24.3 Å². The fraction of sp³-hybridized carbons (Fsp3) is 0.562. The van der Waals surface area contributed by atoms with Gasteiger partial charge >= 0.3 is 0 Å². The van der Waals surface area contributed by atoms with Crippen LogP contribution >= 0.6 is 0 Å². The minimum absolute atomic E-state index is 0.110. The molecule has 0 unspecified atom stereocenters. The van der Waals surface area contributed by atoms with Crippen LogP contribution in [-0.2, 0) is 10.3 Å². The Morgan fingerprint density at radius 1 is 1.14 bits per heavy atom. The van der Waals surface area contributed by atoms with Crippen molar-refractivity contribution in [2.45, 2.75) is 51.7 Å². The van der Waals surface area contributed by atoms with Gasteiger partial charge in [-0.05, 0) is 25.1 Å². The highest BCUT2D eigenvalue weighted by atomic mass is 28.4. The van der Waals surface area contributed by atoms with Crippen LogP contribution in [0.5, 0.6) is 0 Å². The van der Waals surface area contributed by atoms with Crippen molar-refractivity contribution in [1.29, 1.82) is 0 Å². The third kappa shape index (κ3) is 4.45. The van der Waals surface area contributed by atoms with Crippen molar-refractivity contribution in [3.8, 4) is 0 Å². The monoisotopic (exact) mass is 314 g/mol. The maximum Gasteiger partial charge on any atom is 0.294 e. The first-order chi connectivity index (χ1) is 9.37. The number of carbonyl (C=O) groups is 1. The highest BCUT2D eigenvalue weighted by molar-refractivity contribution is 6.74. The van der Waals surface area contributed by atoms with Crippen molar-refractivity contribution in [1.82, 2.24) is 0 Å². The summed E-state index contributed by atoms with van der Waals surface area (Å²) in [5.74, 6) is -3.19. The average Bonchev–Trinajstić information content (AvgIpc) is 2.35. The zero-order valence-corrected chi connectivity index (χ0v) is 14.6. The number of benzene rings is 1. The molecule has 0 fully saturated rings. The molecule has 1 aromatic carbocycles. The minimum Gasteiger partial charge on any atom is -0.410 e. The fourth-order valence-corrected chi connectivity index (χ4v) is 2.49. The summed E-state index contributed by atoms with van der Waals surface area (Å²) >= 11 is 0. The highest BCUT2D eigenvalue weighted by Gasteiger charge is 2.41. The Hall–Kier alpha value is -1.07. The van der Waals surface area contributed by atoms with E-state index in [1.165, 1.54) is 31.2 Å². The molecule has 2 nitrogen and oxygen atoms in total. The van der Waals surface area contributed by atoms with Crippen LogP contribution in [0, 0.1) is 0 Å². The van der Waals surface area contributed by atoms with E-state index < -0.39 is 20.8 Å². The third-order valence-electron chi connectivity index (χ3n) is 4.13. The van der Waals surface area contributed by atoms with E-state index >= 15 is 0 Å². The van der Waals surface area contributed by atoms with E-state index in [0.717, 1.165) is 0 Å². The molecule has 0 saturated carbocycles. The summed E-state index contributed by atoms with van der Waals surface area (Å²) in [5.41, 5.74) is 0.311. The van der Waals surface area contributed by atoms with Crippen LogP contribution in [0.4, 0.5) is 8.78 Å². The number of alkyl halides is 2. The zero-order chi connectivity index (χ0) is 16.5. The summed E-state index contributed by atoms with van der Waals surface area (Å²) in [5, 5.41) is -0.110. The largest absolute Gasteiger partial charge is 0.410 e. The molecule has 0 spiro atoms. The van der Waals surface area contributed by atoms with Crippen molar-refractivity contribution in [3.05, 3.63) is 35.4 Å². The smallest absolute Gasteiger partial charge is 0.294 e. The molecule has 0 N–H and O–H groups in total. The lowest BCUT2D eigenvalue weighted by Crippen LogP contribution is -2.43. The second-order valence-electron chi connectivity index (χ2n) is 6.89. The topological polar surface area (TPSA) is 26.3 Å². The maximum absolute atomic E-state index is 14.2. The lowest BCUT2D eigenvalue weighted by molar-refractivity contribution is -0.0508. The Morgan fingerprint density at radius 2 is 1.62 bits per heavy atom. The fourth-order valence-electron chi connectivity index (χ4n) is 1.52. The second-order valence-corrected chi connectivity index (χ2v) is 11.7. The summed E-state index contributed by atoms with van der Waals surface area (Å²) in [6.45, 7) is 10.7. The molecule has 0 bridgehead atoms. The number of hydrogen-bond acceptors (Lipinski definition) is 2. The standard InChI is InChI=1S/C16H24F2O2Si/c1-12(19)13-7-9-14(10-8-13)16(17,18)11-20-21(5,6)15(2,3)4/h7-10H,11H2,1-6H3. The molecular weight excluding hydrogens is 290 g/mol. The first kappa shape index (κ1) is 18.0. The van der Waals surface area contributed by atoms with E-state index in [2.05, 4.69) is 0 Å².